The van der Waals surface area contributed by atoms with Crippen LogP contribution in [0.2, 0.25) is 12.6 Å². The van der Waals surface area contributed by atoms with Gasteiger partial charge in [0.15, 0.2) is 0 Å². The minimum atomic E-state index is -1.48. The highest BCUT2D eigenvalue weighted by atomic mass is 28.3. The lowest BCUT2D eigenvalue weighted by Gasteiger charge is -2.31. The van der Waals surface area contributed by atoms with Crippen molar-refractivity contribution in [1.82, 2.24) is 0 Å². The van der Waals surface area contributed by atoms with Gasteiger partial charge in [0.2, 0.25) is 0 Å². The van der Waals surface area contributed by atoms with Crippen LogP contribution in [0.5, 0.6) is 0 Å². The van der Waals surface area contributed by atoms with E-state index < -0.39 is 8.07 Å². The minimum absolute atomic E-state index is 1.14. The van der Waals surface area contributed by atoms with E-state index in [0.29, 0.717) is 0 Å². The molecule has 0 aromatic heterocycles. The average Bonchev–Trinajstić information content (AvgIpc) is 2.84. The lowest BCUT2D eigenvalue weighted by Crippen LogP contribution is -2.46. The third kappa shape index (κ3) is 2.51. The van der Waals surface area contributed by atoms with Crippen molar-refractivity contribution in [2.75, 3.05) is 0 Å². The lowest BCUT2D eigenvalue weighted by atomic mass is 10.3. The summed E-state index contributed by atoms with van der Waals surface area (Å²) in [6.07, 6.45) is 8.65. The van der Waals surface area contributed by atoms with E-state index in [4.69, 9.17) is 0 Å². The molecule has 1 aromatic rings. The molecule has 0 amide bonds. The average molecular weight is 256 g/mol. The zero-order valence-corrected chi connectivity index (χ0v) is 12.9. The second-order valence-electron chi connectivity index (χ2n) is 5.54. The summed E-state index contributed by atoms with van der Waals surface area (Å²) in [5.74, 6) is 0. The molecular weight excluding hydrogens is 232 g/mol. The van der Waals surface area contributed by atoms with Gasteiger partial charge in [-0.3, -0.25) is 0 Å². The van der Waals surface area contributed by atoms with Crippen LogP contribution < -0.4 is 5.19 Å². The van der Waals surface area contributed by atoms with Crippen molar-refractivity contribution in [2.45, 2.75) is 45.7 Å². The Morgan fingerprint density at radius 2 is 1.83 bits per heavy atom. The molecule has 1 aromatic carbocycles. The van der Waals surface area contributed by atoms with E-state index in [0.717, 1.165) is 6.42 Å². The van der Waals surface area contributed by atoms with Crippen molar-refractivity contribution >= 4 is 13.3 Å². The van der Waals surface area contributed by atoms with Gasteiger partial charge in [0.1, 0.15) is 8.07 Å². The third-order valence-electron chi connectivity index (χ3n) is 4.21. The van der Waals surface area contributed by atoms with Crippen LogP contribution in [0.1, 0.15) is 33.1 Å². The molecule has 1 atom stereocenters. The van der Waals surface area contributed by atoms with E-state index in [1.54, 1.807) is 10.4 Å². The molecule has 0 radical (unpaired) electrons. The predicted octanol–water partition coefficient (Wildman–Crippen LogP) is 4.59. The van der Waals surface area contributed by atoms with Crippen LogP contribution in [0.15, 0.2) is 53.3 Å². The third-order valence-corrected chi connectivity index (χ3v) is 8.96. The molecule has 96 valence electrons. The van der Waals surface area contributed by atoms with Gasteiger partial charge in [-0.25, -0.2) is 0 Å². The maximum Gasteiger partial charge on any atom is 0.115 e. The van der Waals surface area contributed by atoms with Gasteiger partial charge in [0.05, 0.1) is 0 Å². The van der Waals surface area contributed by atoms with Gasteiger partial charge in [-0.15, -0.1) is 0 Å². The Hall–Kier alpha value is -1.08. The molecule has 0 spiro atoms. The van der Waals surface area contributed by atoms with Crippen molar-refractivity contribution in [3.63, 3.8) is 0 Å². The topological polar surface area (TPSA) is 0 Å². The number of allylic oxidation sites excluding steroid dienone is 4. The molecule has 0 heterocycles. The monoisotopic (exact) mass is 256 g/mol. The summed E-state index contributed by atoms with van der Waals surface area (Å²) < 4.78 is 0. The van der Waals surface area contributed by atoms with Crippen molar-refractivity contribution in [3.8, 4) is 0 Å². The Bertz CT molecular complexity index is 456. The fourth-order valence-electron chi connectivity index (χ4n) is 3.06. The Balaban J connectivity index is 2.38. The predicted molar refractivity (Wildman–Crippen MR) is 83.9 cm³/mol. The molecule has 1 heteroatoms. The second-order valence-corrected chi connectivity index (χ2v) is 9.82. The molecule has 0 bridgehead atoms. The maximum atomic E-state index is 2.55. The summed E-state index contributed by atoms with van der Waals surface area (Å²) in [5.41, 5.74) is 1.53. The maximum absolute atomic E-state index is 2.55. The lowest BCUT2D eigenvalue weighted by molar-refractivity contribution is 0.871. The molecule has 0 saturated carbocycles. The quantitative estimate of drug-likeness (QED) is 0.676. The van der Waals surface area contributed by atoms with Crippen LogP contribution in [0.3, 0.4) is 0 Å². The number of hydrogen-bond donors (Lipinski definition) is 0. The first-order chi connectivity index (χ1) is 8.68. The summed E-state index contributed by atoms with van der Waals surface area (Å²) in [6.45, 7) is 7.14. The van der Waals surface area contributed by atoms with E-state index in [-0.39, 0.29) is 0 Å². The highest BCUT2D eigenvalue weighted by Gasteiger charge is 2.34. The zero-order valence-electron chi connectivity index (χ0n) is 11.9. The normalized spacial score (nSPS) is 18.2. The zero-order chi connectivity index (χ0) is 13.0. The molecule has 0 saturated heterocycles. The molecule has 18 heavy (non-hydrogen) atoms. The summed E-state index contributed by atoms with van der Waals surface area (Å²) >= 11 is 0. The van der Waals surface area contributed by atoms with Crippen LogP contribution in [0, 0.1) is 0 Å². The molecule has 0 fully saturated rings. The summed E-state index contributed by atoms with van der Waals surface area (Å²) in [5, 5.41) is 3.28. The minimum Gasteiger partial charge on any atom is -0.0808 e. The molecule has 0 aliphatic heterocycles. The van der Waals surface area contributed by atoms with Gasteiger partial charge < -0.3 is 0 Å². The molecule has 2 rings (SSSR count). The van der Waals surface area contributed by atoms with Gasteiger partial charge in [-0.1, -0.05) is 84.8 Å². The van der Waals surface area contributed by atoms with E-state index in [1.807, 2.05) is 0 Å². The van der Waals surface area contributed by atoms with Crippen LogP contribution in [0.4, 0.5) is 0 Å². The summed E-state index contributed by atoms with van der Waals surface area (Å²) in [7, 11) is -1.48. The van der Waals surface area contributed by atoms with E-state index >= 15 is 0 Å². The van der Waals surface area contributed by atoms with Gasteiger partial charge >= 0.3 is 0 Å². The second kappa shape index (κ2) is 5.70. The standard InChI is InChI=1S/C17H24Si/c1-4-5-14-18(3,16-11-7-6-8-12-16)17-13-9-10-15(17)2/h6-8,10-13H,4-5,9,14H2,1-3H3. The number of hydrogen-bond acceptors (Lipinski definition) is 0. The molecular formula is C17H24Si. The van der Waals surface area contributed by atoms with Crippen molar-refractivity contribution in [3.05, 3.63) is 53.3 Å². The van der Waals surface area contributed by atoms with E-state index in [2.05, 4.69) is 62.9 Å². The van der Waals surface area contributed by atoms with Gasteiger partial charge in [0, 0.05) is 0 Å². The van der Waals surface area contributed by atoms with Gasteiger partial charge in [-0.05, 0) is 19.4 Å². The van der Waals surface area contributed by atoms with Crippen LogP contribution >= 0.6 is 0 Å². The summed E-state index contributed by atoms with van der Waals surface area (Å²) in [4.78, 5) is 0. The van der Waals surface area contributed by atoms with Crippen molar-refractivity contribution < 1.29 is 0 Å². The molecule has 0 nitrogen and oxygen atoms in total. The van der Waals surface area contributed by atoms with Gasteiger partial charge in [-0.2, -0.15) is 0 Å². The number of benzene rings is 1. The first kappa shape index (κ1) is 13.4. The van der Waals surface area contributed by atoms with Crippen molar-refractivity contribution in [1.29, 1.82) is 0 Å². The fraction of sp³-hybridized carbons (Fsp3) is 0.412. The summed E-state index contributed by atoms with van der Waals surface area (Å²) in [6, 6.07) is 12.6. The SMILES string of the molecule is CCCC[Si](C)(C1=CCC=C1C)c1ccccc1. The van der Waals surface area contributed by atoms with Crippen LogP contribution in [-0.4, -0.2) is 8.07 Å². The highest BCUT2D eigenvalue weighted by Crippen LogP contribution is 2.31. The van der Waals surface area contributed by atoms with Crippen LogP contribution in [0.25, 0.3) is 0 Å². The Labute approximate surface area is 112 Å². The Kier molecular flexibility index (Phi) is 4.23. The first-order valence-electron chi connectivity index (χ1n) is 7.12. The Morgan fingerprint density at radius 3 is 2.39 bits per heavy atom. The molecule has 0 N–H and O–H groups in total. The van der Waals surface area contributed by atoms with Crippen molar-refractivity contribution in [2.24, 2.45) is 0 Å². The highest BCUT2D eigenvalue weighted by molar-refractivity contribution is 6.97. The van der Waals surface area contributed by atoms with E-state index in [9.17, 15) is 0 Å². The van der Waals surface area contributed by atoms with Gasteiger partial charge in [0.25, 0.3) is 0 Å². The number of rotatable bonds is 5. The largest absolute Gasteiger partial charge is 0.115 e. The van der Waals surface area contributed by atoms with E-state index in [1.165, 1.54) is 24.5 Å². The molecule has 1 aliphatic carbocycles. The first-order valence-corrected chi connectivity index (χ1v) is 9.82. The smallest absolute Gasteiger partial charge is 0.0808 e. The Morgan fingerprint density at radius 1 is 1.11 bits per heavy atom. The van der Waals surface area contributed by atoms with Crippen LogP contribution in [-0.2, 0) is 0 Å². The fourth-order valence-corrected chi connectivity index (χ4v) is 7.45. The molecule has 1 aliphatic rings. The number of unbranched alkanes of at least 4 members (excludes halogenated alkanes) is 1. The molecule has 1 unspecified atom stereocenters.